The van der Waals surface area contributed by atoms with E-state index in [0.29, 0.717) is 16.3 Å². The lowest BCUT2D eigenvalue weighted by atomic mass is 10.1. The lowest BCUT2D eigenvalue weighted by Gasteiger charge is -2.12. The number of carbonyl (C=O) groups excluding carboxylic acids is 1. The highest BCUT2D eigenvalue weighted by Crippen LogP contribution is 2.19. The number of anilines is 2. The van der Waals surface area contributed by atoms with Gasteiger partial charge in [0.25, 0.3) is 0 Å². The normalized spacial score (nSPS) is 10.6. The van der Waals surface area contributed by atoms with E-state index in [2.05, 4.69) is 20.5 Å². The molecule has 8 heteroatoms. The minimum atomic E-state index is -0.198. The third-order valence-electron chi connectivity index (χ3n) is 3.83. The topological polar surface area (TPSA) is 78.8 Å². The minimum Gasteiger partial charge on any atom is -0.363 e. The molecule has 2 aromatic heterocycles. The molecule has 0 unspecified atom stereocenters. The Hall–Kier alpha value is -3.00. The van der Waals surface area contributed by atoms with Gasteiger partial charge in [0, 0.05) is 19.7 Å². The molecule has 0 aliphatic heterocycles. The number of hydrogen-bond donors (Lipinski definition) is 2. The number of amides is 1. The van der Waals surface area contributed by atoms with E-state index in [0.717, 1.165) is 16.9 Å². The fourth-order valence-electron chi connectivity index (χ4n) is 2.54. The summed E-state index contributed by atoms with van der Waals surface area (Å²) < 4.78 is 2.08. The number of benzene rings is 1. The zero-order valence-electron chi connectivity index (χ0n) is 14.9. The van der Waals surface area contributed by atoms with Gasteiger partial charge in [-0.25, -0.2) is 4.98 Å². The summed E-state index contributed by atoms with van der Waals surface area (Å²) in [6, 6.07) is 11.6. The Bertz CT molecular complexity index is 974. The Balaban J connectivity index is 1.78. The van der Waals surface area contributed by atoms with Crippen molar-refractivity contribution in [3.8, 4) is 11.4 Å². The zero-order chi connectivity index (χ0) is 18.7. The summed E-state index contributed by atoms with van der Waals surface area (Å²) >= 11 is 5.28. The van der Waals surface area contributed by atoms with Gasteiger partial charge in [0.15, 0.2) is 10.6 Å². The van der Waals surface area contributed by atoms with E-state index in [9.17, 15) is 4.79 Å². The molecule has 0 saturated heterocycles. The summed E-state index contributed by atoms with van der Waals surface area (Å²) in [6.07, 6.45) is 1.63. The van der Waals surface area contributed by atoms with Crippen molar-refractivity contribution in [2.45, 2.75) is 13.5 Å². The number of carbonyl (C=O) groups is 1. The molecule has 3 rings (SSSR count). The molecule has 1 aromatic carbocycles. The van der Waals surface area contributed by atoms with Crippen molar-refractivity contribution in [2.24, 2.45) is 0 Å². The molecule has 134 valence electrons. The van der Waals surface area contributed by atoms with Crippen molar-refractivity contribution in [1.82, 2.24) is 19.7 Å². The first kappa shape index (κ1) is 17.8. The summed E-state index contributed by atoms with van der Waals surface area (Å²) in [6.45, 7) is 2.07. The number of aryl methyl sites for hydroxylation is 1. The Labute approximate surface area is 156 Å². The largest absolute Gasteiger partial charge is 0.363 e. The fourth-order valence-corrected chi connectivity index (χ4v) is 2.73. The SMILES string of the molecule is Cc1cccc(-c2n[nH]c(=S)n2CC(=O)Nc2ccc(N(C)C)nc2)c1. The van der Waals surface area contributed by atoms with Crippen LogP contribution in [0.2, 0.25) is 0 Å². The van der Waals surface area contributed by atoms with Crippen molar-refractivity contribution >= 4 is 29.6 Å². The second-order valence-corrected chi connectivity index (χ2v) is 6.54. The first-order valence-corrected chi connectivity index (χ1v) is 8.50. The summed E-state index contributed by atoms with van der Waals surface area (Å²) in [4.78, 5) is 18.6. The Morgan fingerprint density at radius 2 is 2.12 bits per heavy atom. The van der Waals surface area contributed by atoms with Gasteiger partial charge in [0.1, 0.15) is 12.4 Å². The van der Waals surface area contributed by atoms with Crippen molar-refractivity contribution in [3.63, 3.8) is 0 Å². The lowest BCUT2D eigenvalue weighted by Crippen LogP contribution is -2.20. The van der Waals surface area contributed by atoms with E-state index in [1.165, 1.54) is 0 Å². The molecular weight excluding hydrogens is 348 g/mol. The van der Waals surface area contributed by atoms with Crippen LogP contribution in [0, 0.1) is 11.7 Å². The average molecular weight is 368 g/mol. The summed E-state index contributed by atoms with van der Waals surface area (Å²) in [5.41, 5.74) is 2.65. The average Bonchev–Trinajstić information content (AvgIpc) is 2.96. The van der Waals surface area contributed by atoms with Gasteiger partial charge in [-0.15, -0.1) is 0 Å². The maximum atomic E-state index is 12.4. The second kappa shape index (κ2) is 7.49. The first-order valence-electron chi connectivity index (χ1n) is 8.09. The maximum Gasteiger partial charge on any atom is 0.244 e. The smallest absolute Gasteiger partial charge is 0.244 e. The zero-order valence-corrected chi connectivity index (χ0v) is 15.7. The molecule has 26 heavy (non-hydrogen) atoms. The molecule has 0 radical (unpaired) electrons. The van der Waals surface area contributed by atoms with Gasteiger partial charge in [-0.05, 0) is 37.3 Å². The standard InChI is InChI=1S/C18H20N6OS/c1-12-5-4-6-13(9-12)17-21-22-18(26)24(17)11-16(25)20-14-7-8-15(19-10-14)23(2)3/h4-10H,11H2,1-3H3,(H,20,25)(H,22,26). The van der Waals surface area contributed by atoms with Crippen molar-refractivity contribution in [2.75, 3.05) is 24.3 Å². The second-order valence-electron chi connectivity index (χ2n) is 6.16. The number of aromatic amines is 1. The number of rotatable bonds is 5. The van der Waals surface area contributed by atoms with Gasteiger partial charge in [-0.3, -0.25) is 14.5 Å². The predicted molar refractivity (Wildman–Crippen MR) is 105 cm³/mol. The molecule has 7 nitrogen and oxygen atoms in total. The van der Waals surface area contributed by atoms with Gasteiger partial charge in [0.05, 0.1) is 11.9 Å². The van der Waals surface area contributed by atoms with Crippen molar-refractivity contribution < 1.29 is 4.79 Å². The van der Waals surface area contributed by atoms with Gasteiger partial charge < -0.3 is 10.2 Å². The fraction of sp³-hybridized carbons (Fsp3) is 0.222. The number of H-pyrrole nitrogens is 1. The van der Waals surface area contributed by atoms with Gasteiger partial charge in [-0.1, -0.05) is 23.8 Å². The minimum absolute atomic E-state index is 0.0635. The van der Waals surface area contributed by atoms with E-state index >= 15 is 0 Å². The number of hydrogen-bond acceptors (Lipinski definition) is 5. The maximum absolute atomic E-state index is 12.4. The van der Waals surface area contributed by atoms with Crippen LogP contribution in [0.15, 0.2) is 42.6 Å². The highest BCUT2D eigenvalue weighted by Gasteiger charge is 2.13. The number of nitrogens with zero attached hydrogens (tertiary/aromatic N) is 4. The molecule has 0 aliphatic rings. The van der Waals surface area contributed by atoms with Crippen LogP contribution in [0.3, 0.4) is 0 Å². The number of pyridine rings is 1. The molecule has 2 heterocycles. The van der Waals surface area contributed by atoms with Crippen LogP contribution in [-0.2, 0) is 11.3 Å². The van der Waals surface area contributed by atoms with Crippen LogP contribution in [0.1, 0.15) is 5.56 Å². The highest BCUT2D eigenvalue weighted by atomic mass is 32.1. The first-order chi connectivity index (χ1) is 12.4. The van der Waals surface area contributed by atoms with Crippen LogP contribution < -0.4 is 10.2 Å². The molecule has 0 fully saturated rings. The van der Waals surface area contributed by atoms with E-state index < -0.39 is 0 Å². The van der Waals surface area contributed by atoms with Crippen LogP contribution >= 0.6 is 12.2 Å². The molecule has 0 atom stereocenters. The Morgan fingerprint density at radius 3 is 2.77 bits per heavy atom. The highest BCUT2D eigenvalue weighted by molar-refractivity contribution is 7.71. The van der Waals surface area contributed by atoms with Crippen LogP contribution in [0.4, 0.5) is 11.5 Å². The Morgan fingerprint density at radius 1 is 1.31 bits per heavy atom. The third-order valence-corrected chi connectivity index (χ3v) is 4.14. The summed E-state index contributed by atoms with van der Waals surface area (Å²) in [5, 5.41) is 9.86. The van der Waals surface area contributed by atoms with Gasteiger partial charge >= 0.3 is 0 Å². The monoisotopic (exact) mass is 368 g/mol. The van der Waals surface area contributed by atoms with Crippen LogP contribution in [0.5, 0.6) is 0 Å². The Kier molecular flexibility index (Phi) is 5.13. The van der Waals surface area contributed by atoms with E-state index in [1.54, 1.807) is 10.8 Å². The molecule has 1 amide bonds. The number of nitrogens with one attached hydrogen (secondary N) is 2. The van der Waals surface area contributed by atoms with Crippen molar-refractivity contribution in [3.05, 3.63) is 52.9 Å². The van der Waals surface area contributed by atoms with E-state index in [1.807, 2.05) is 62.3 Å². The summed E-state index contributed by atoms with van der Waals surface area (Å²) in [7, 11) is 3.82. The predicted octanol–water partition coefficient (Wildman–Crippen LogP) is 3.02. The quantitative estimate of drug-likeness (QED) is 0.677. The van der Waals surface area contributed by atoms with E-state index in [-0.39, 0.29) is 12.5 Å². The molecule has 0 aliphatic carbocycles. The van der Waals surface area contributed by atoms with E-state index in [4.69, 9.17) is 12.2 Å². The third kappa shape index (κ3) is 3.97. The summed E-state index contributed by atoms with van der Waals surface area (Å²) in [5.74, 6) is 1.26. The molecule has 2 N–H and O–H groups in total. The number of aromatic nitrogens is 4. The van der Waals surface area contributed by atoms with Crippen LogP contribution in [-0.4, -0.2) is 39.8 Å². The molecule has 3 aromatic rings. The van der Waals surface area contributed by atoms with Crippen molar-refractivity contribution in [1.29, 1.82) is 0 Å². The molecule has 0 spiro atoms. The van der Waals surface area contributed by atoms with Crippen LogP contribution in [0.25, 0.3) is 11.4 Å². The van der Waals surface area contributed by atoms with Gasteiger partial charge in [0.2, 0.25) is 5.91 Å². The molecular formula is C18H20N6OS. The lowest BCUT2D eigenvalue weighted by molar-refractivity contribution is -0.116. The molecule has 0 saturated carbocycles. The van der Waals surface area contributed by atoms with Gasteiger partial charge in [-0.2, -0.15) is 5.10 Å². The molecule has 0 bridgehead atoms.